The maximum atomic E-state index is 9.13. The van der Waals surface area contributed by atoms with Crippen LogP contribution in [0.5, 0.6) is 5.75 Å². The van der Waals surface area contributed by atoms with Gasteiger partial charge in [0.25, 0.3) is 0 Å². The summed E-state index contributed by atoms with van der Waals surface area (Å²) in [6, 6.07) is 7.97. The predicted octanol–water partition coefficient (Wildman–Crippen LogP) is 2.20. The lowest BCUT2D eigenvalue weighted by Crippen LogP contribution is -2.24. The molecule has 0 fully saturated rings. The molecule has 0 spiro atoms. The molecule has 0 bridgehead atoms. The zero-order valence-electron chi connectivity index (χ0n) is 10.6. The van der Waals surface area contributed by atoms with Crippen LogP contribution in [-0.4, -0.2) is 30.1 Å². The smallest absolute Gasteiger partial charge is 0.119 e. The average molecular weight is 255 g/mol. The molecule has 3 nitrogen and oxygen atoms in total. The molecule has 0 aromatic heterocycles. The first-order valence-corrected chi connectivity index (χ1v) is 6.68. The first-order valence-electron chi connectivity index (χ1n) is 5.74. The molecule has 0 heterocycles. The van der Waals surface area contributed by atoms with Crippen molar-refractivity contribution in [3.05, 3.63) is 29.8 Å². The normalized spacial score (nSPS) is 16.3. The average Bonchev–Trinajstić information content (AvgIpc) is 2.35. The van der Waals surface area contributed by atoms with Gasteiger partial charge in [0.05, 0.1) is 13.7 Å². The van der Waals surface area contributed by atoms with Gasteiger partial charge in [0.1, 0.15) is 5.75 Å². The van der Waals surface area contributed by atoms with E-state index >= 15 is 0 Å². The highest BCUT2D eigenvalue weighted by Crippen LogP contribution is 2.35. The maximum absolute atomic E-state index is 9.13. The lowest BCUT2D eigenvalue weighted by Gasteiger charge is -2.23. The second-order valence-electron chi connectivity index (χ2n) is 4.19. The molecule has 0 amide bonds. The molecule has 1 aromatic carbocycles. The van der Waals surface area contributed by atoms with Gasteiger partial charge >= 0.3 is 0 Å². The Balaban J connectivity index is 2.88. The van der Waals surface area contributed by atoms with Crippen LogP contribution in [0.3, 0.4) is 0 Å². The van der Waals surface area contributed by atoms with Crippen LogP contribution in [0.2, 0.25) is 0 Å². The van der Waals surface area contributed by atoms with E-state index in [4.69, 9.17) is 15.6 Å². The number of rotatable bonds is 6. The Labute approximate surface area is 107 Å². The minimum Gasteiger partial charge on any atom is -0.497 e. The van der Waals surface area contributed by atoms with Gasteiger partial charge in [0.15, 0.2) is 0 Å². The van der Waals surface area contributed by atoms with Crippen LogP contribution < -0.4 is 10.5 Å². The van der Waals surface area contributed by atoms with Crippen molar-refractivity contribution in [2.24, 2.45) is 5.73 Å². The van der Waals surface area contributed by atoms with Crippen molar-refractivity contribution in [3.8, 4) is 5.75 Å². The van der Waals surface area contributed by atoms with Gasteiger partial charge < -0.3 is 15.6 Å². The summed E-state index contributed by atoms with van der Waals surface area (Å²) in [6.45, 7) is 4.15. The highest BCUT2D eigenvalue weighted by molar-refractivity contribution is 8.00. The Morgan fingerprint density at radius 3 is 2.65 bits per heavy atom. The van der Waals surface area contributed by atoms with E-state index < -0.39 is 0 Å². The van der Waals surface area contributed by atoms with Gasteiger partial charge in [-0.3, -0.25) is 0 Å². The minimum absolute atomic E-state index is 0.0288. The van der Waals surface area contributed by atoms with Crippen LogP contribution in [0.25, 0.3) is 0 Å². The van der Waals surface area contributed by atoms with E-state index in [2.05, 4.69) is 0 Å². The molecular formula is C13H21NO2S. The number of nitrogens with two attached hydrogens (primary N) is 1. The van der Waals surface area contributed by atoms with E-state index in [1.165, 1.54) is 0 Å². The fourth-order valence-corrected chi connectivity index (χ4v) is 2.76. The second kappa shape index (κ2) is 6.89. The van der Waals surface area contributed by atoms with Crippen molar-refractivity contribution in [1.82, 2.24) is 0 Å². The molecule has 0 radical (unpaired) electrons. The molecule has 0 saturated carbocycles. The molecule has 0 saturated heterocycles. The highest BCUT2D eigenvalue weighted by atomic mass is 32.2. The van der Waals surface area contributed by atoms with Gasteiger partial charge in [-0.2, -0.15) is 0 Å². The number of benzene rings is 1. The number of hydrogen-bond donors (Lipinski definition) is 2. The molecule has 1 rings (SSSR count). The Morgan fingerprint density at radius 2 is 2.12 bits per heavy atom. The van der Waals surface area contributed by atoms with Crippen LogP contribution in [0.4, 0.5) is 0 Å². The van der Waals surface area contributed by atoms with Crippen molar-refractivity contribution >= 4 is 11.8 Å². The van der Waals surface area contributed by atoms with Gasteiger partial charge in [0, 0.05) is 16.5 Å². The topological polar surface area (TPSA) is 55.5 Å². The van der Waals surface area contributed by atoms with Crippen molar-refractivity contribution in [3.63, 3.8) is 0 Å². The predicted molar refractivity (Wildman–Crippen MR) is 73.5 cm³/mol. The van der Waals surface area contributed by atoms with Crippen molar-refractivity contribution in [1.29, 1.82) is 0 Å². The Hall–Kier alpha value is -0.710. The fraction of sp³-hybridized carbons (Fsp3) is 0.538. The molecule has 0 aliphatic heterocycles. The van der Waals surface area contributed by atoms with Crippen LogP contribution in [0.1, 0.15) is 24.7 Å². The number of thioether (sulfide) groups is 1. The third-order valence-corrected chi connectivity index (χ3v) is 4.14. The SMILES string of the molecule is COc1cccc(C(SC(C)CO)C(C)N)c1. The third-order valence-electron chi connectivity index (χ3n) is 2.54. The van der Waals surface area contributed by atoms with Crippen LogP contribution in [0.15, 0.2) is 24.3 Å². The Kier molecular flexibility index (Phi) is 5.82. The molecule has 3 atom stereocenters. The summed E-state index contributed by atoms with van der Waals surface area (Å²) in [6.07, 6.45) is 0. The maximum Gasteiger partial charge on any atom is 0.119 e. The molecule has 17 heavy (non-hydrogen) atoms. The van der Waals surface area contributed by atoms with Crippen LogP contribution in [0, 0.1) is 0 Å². The van der Waals surface area contributed by atoms with E-state index in [0.717, 1.165) is 11.3 Å². The summed E-state index contributed by atoms with van der Waals surface area (Å²) >= 11 is 1.69. The van der Waals surface area contributed by atoms with Gasteiger partial charge in [-0.1, -0.05) is 19.1 Å². The summed E-state index contributed by atoms with van der Waals surface area (Å²) in [4.78, 5) is 0. The monoisotopic (exact) mass is 255 g/mol. The summed E-state index contributed by atoms with van der Waals surface area (Å²) in [5, 5.41) is 9.48. The van der Waals surface area contributed by atoms with Crippen LogP contribution >= 0.6 is 11.8 Å². The van der Waals surface area contributed by atoms with Gasteiger partial charge in [-0.05, 0) is 24.6 Å². The first-order chi connectivity index (χ1) is 8.08. The zero-order valence-corrected chi connectivity index (χ0v) is 11.4. The minimum atomic E-state index is 0.0288. The first kappa shape index (κ1) is 14.4. The summed E-state index contributed by atoms with van der Waals surface area (Å²) in [7, 11) is 1.66. The Bertz CT molecular complexity index is 344. The van der Waals surface area contributed by atoms with E-state index in [9.17, 15) is 0 Å². The number of aliphatic hydroxyl groups is 1. The summed E-state index contributed by atoms with van der Waals surface area (Å²) < 4.78 is 5.22. The molecule has 1 aromatic rings. The summed E-state index contributed by atoms with van der Waals surface area (Å²) in [5.74, 6) is 0.838. The van der Waals surface area contributed by atoms with Gasteiger partial charge in [-0.15, -0.1) is 11.8 Å². The number of methoxy groups -OCH3 is 1. The lowest BCUT2D eigenvalue weighted by molar-refractivity contribution is 0.299. The highest BCUT2D eigenvalue weighted by Gasteiger charge is 2.20. The largest absolute Gasteiger partial charge is 0.497 e. The van der Waals surface area contributed by atoms with Gasteiger partial charge in [0.2, 0.25) is 0 Å². The van der Waals surface area contributed by atoms with E-state index in [0.29, 0.717) is 0 Å². The third kappa shape index (κ3) is 4.22. The summed E-state index contributed by atoms with van der Waals surface area (Å²) in [5.41, 5.74) is 7.16. The van der Waals surface area contributed by atoms with Crippen molar-refractivity contribution < 1.29 is 9.84 Å². The van der Waals surface area contributed by atoms with Crippen molar-refractivity contribution in [2.75, 3.05) is 13.7 Å². The second-order valence-corrected chi connectivity index (χ2v) is 5.77. The van der Waals surface area contributed by atoms with Crippen LogP contribution in [-0.2, 0) is 0 Å². The number of ether oxygens (including phenoxy) is 1. The molecule has 0 aliphatic carbocycles. The number of hydrogen-bond acceptors (Lipinski definition) is 4. The molecular weight excluding hydrogens is 234 g/mol. The molecule has 0 aliphatic rings. The Morgan fingerprint density at radius 1 is 1.41 bits per heavy atom. The van der Waals surface area contributed by atoms with E-state index in [1.807, 2.05) is 38.1 Å². The number of aliphatic hydroxyl groups excluding tert-OH is 1. The van der Waals surface area contributed by atoms with Gasteiger partial charge in [-0.25, -0.2) is 0 Å². The zero-order chi connectivity index (χ0) is 12.8. The fourth-order valence-electron chi connectivity index (χ4n) is 1.62. The molecule has 3 N–H and O–H groups in total. The lowest BCUT2D eigenvalue weighted by atomic mass is 10.1. The quantitative estimate of drug-likeness (QED) is 0.818. The van der Waals surface area contributed by atoms with E-state index in [-0.39, 0.29) is 23.1 Å². The molecule has 4 heteroatoms. The molecule has 96 valence electrons. The standard InChI is InChI=1S/C13H21NO2S/c1-9(8-15)17-13(10(2)14)11-5-4-6-12(7-11)16-3/h4-7,9-10,13,15H,8,14H2,1-3H3. The van der Waals surface area contributed by atoms with E-state index in [1.54, 1.807) is 18.9 Å². The molecule has 3 unspecified atom stereocenters. The van der Waals surface area contributed by atoms with Crippen molar-refractivity contribution in [2.45, 2.75) is 30.4 Å².